The Hall–Kier alpha value is -0.339. The van der Waals surface area contributed by atoms with Crippen molar-refractivity contribution < 1.29 is 73.5 Å². The van der Waals surface area contributed by atoms with Gasteiger partial charge in [-0.05, 0) is 42.3 Å². The van der Waals surface area contributed by atoms with Gasteiger partial charge in [0.15, 0.2) is 0 Å². The first-order valence-corrected chi connectivity index (χ1v) is 6.04. The SMILES string of the molecule is Cc1ccc(F)cc1COc1cccc([B-](F)(F)F)c1.[K+]. The summed E-state index contributed by atoms with van der Waals surface area (Å²) in [4.78, 5) is 0. The molecule has 0 aliphatic carbocycles. The minimum Gasteiger partial charge on any atom is -0.489 e. The average molecular weight is 322 g/mol. The van der Waals surface area contributed by atoms with E-state index < -0.39 is 18.3 Å². The van der Waals surface area contributed by atoms with Gasteiger partial charge in [-0.2, -0.15) is 0 Å². The van der Waals surface area contributed by atoms with E-state index in [0.29, 0.717) is 5.56 Å². The van der Waals surface area contributed by atoms with Gasteiger partial charge in [0.1, 0.15) is 18.2 Å². The Balaban J connectivity index is 0.00000220. The zero-order chi connectivity index (χ0) is 14.8. The molecule has 0 atom stereocenters. The van der Waals surface area contributed by atoms with Crippen molar-refractivity contribution in [3.63, 3.8) is 0 Å². The first-order valence-electron chi connectivity index (χ1n) is 6.04. The molecule has 106 valence electrons. The third kappa shape index (κ3) is 5.41. The number of benzene rings is 2. The van der Waals surface area contributed by atoms with Gasteiger partial charge in [0.05, 0.1) is 0 Å². The van der Waals surface area contributed by atoms with E-state index >= 15 is 0 Å². The predicted molar refractivity (Wildman–Crippen MR) is 70.6 cm³/mol. The standard InChI is InChI=1S/C14H12BF4O.K/c1-10-5-6-13(16)7-11(10)9-20-14-4-2-3-12(8-14)15(17,18)19;/h2-8H,9H2,1H3;/q-1;+1. The van der Waals surface area contributed by atoms with Gasteiger partial charge in [-0.15, -0.1) is 5.46 Å². The molecular formula is C14H12BF4KO. The van der Waals surface area contributed by atoms with Crippen LogP contribution < -0.4 is 61.6 Å². The van der Waals surface area contributed by atoms with E-state index in [4.69, 9.17) is 4.74 Å². The van der Waals surface area contributed by atoms with Crippen molar-refractivity contribution in [3.8, 4) is 5.75 Å². The molecule has 0 aliphatic heterocycles. The molecule has 0 fully saturated rings. The summed E-state index contributed by atoms with van der Waals surface area (Å²) in [6, 6.07) is 8.93. The summed E-state index contributed by atoms with van der Waals surface area (Å²) >= 11 is 0. The molecule has 0 aliphatic rings. The van der Waals surface area contributed by atoms with Crippen LogP contribution in [0.3, 0.4) is 0 Å². The van der Waals surface area contributed by atoms with Crippen molar-refractivity contribution in [2.75, 3.05) is 0 Å². The van der Waals surface area contributed by atoms with Gasteiger partial charge in [-0.3, -0.25) is 0 Å². The van der Waals surface area contributed by atoms with Gasteiger partial charge < -0.3 is 17.7 Å². The third-order valence-electron chi connectivity index (χ3n) is 2.94. The van der Waals surface area contributed by atoms with Crippen molar-refractivity contribution >= 4 is 12.4 Å². The Bertz CT molecular complexity index is 616. The molecule has 0 aromatic heterocycles. The van der Waals surface area contributed by atoms with Crippen molar-refractivity contribution in [3.05, 3.63) is 59.4 Å². The van der Waals surface area contributed by atoms with Crippen LogP contribution in [-0.4, -0.2) is 6.98 Å². The summed E-state index contributed by atoms with van der Waals surface area (Å²) < 4.78 is 56.2. The number of rotatable bonds is 4. The van der Waals surface area contributed by atoms with E-state index in [1.54, 1.807) is 13.0 Å². The van der Waals surface area contributed by atoms with Crippen LogP contribution in [0.15, 0.2) is 42.5 Å². The van der Waals surface area contributed by atoms with Crippen molar-refractivity contribution in [1.82, 2.24) is 0 Å². The Morgan fingerprint density at radius 1 is 1.05 bits per heavy atom. The van der Waals surface area contributed by atoms with Crippen LogP contribution in [0.5, 0.6) is 5.75 Å². The summed E-state index contributed by atoms with van der Waals surface area (Å²) in [5, 5.41) is 0. The van der Waals surface area contributed by atoms with Gasteiger partial charge in [-0.25, -0.2) is 4.39 Å². The molecule has 0 spiro atoms. The normalized spacial score (nSPS) is 10.9. The summed E-state index contributed by atoms with van der Waals surface area (Å²) in [7, 11) is 0. The van der Waals surface area contributed by atoms with E-state index in [-0.39, 0.29) is 63.7 Å². The predicted octanol–water partition coefficient (Wildman–Crippen LogP) is 0.772. The van der Waals surface area contributed by atoms with E-state index in [0.717, 1.165) is 17.7 Å². The molecule has 2 rings (SSSR count). The van der Waals surface area contributed by atoms with Gasteiger partial charge in [0, 0.05) is 0 Å². The van der Waals surface area contributed by atoms with Gasteiger partial charge >= 0.3 is 58.4 Å². The molecule has 0 heterocycles. The maximum Gasteiger partial charge on any atom is 1.00 e. The first-order chi connectivity index (χ1) is 9.36. The quantitative estimate of drug-likeness (QED) is 0.597. The number of aryl methyl sites for hydroxylation is 1. The third-order valence-corrected chi connectivity index (χ3v) is 2.94. The monoisotopic (exact) mass is 322 g/mol. The summed E-state index contributed by atoms with van der Waals surface area (Å²) in [6.07, 6.45) is 0. The summed E-state index contributed by atoms with van der Waals surface area (Å²) in [5.74, 6) is -0.285. The van der Waals surface area contributed by atoms with E-state index in [1.807, 2.05) is 0 Å². The second kappa shape index (κ2) is 7.78. The van der Waals surface area contributed by atoms with Crippen LogP contribution in [0.1, 0.15) is 11.1 Å². The van der Waals surface area contributed by atoms with Gasteiger partial charge in [0.2, 0.25) is 0 Å². The molecule has 0 bridgehead atoms. The second-order valence-corrected chi connectivity index (χ2v) is 4.51. The van der Waals surface area contributed by atoms with Crippen LogP contribution in [-0.2, 0) is 6.61 Å². The van der Waals surface area contributed by atoms with Crippen LogP contribution in [0, 0.1) is 12.7 Å². The molecule has 7 heteroatoms. The number of hydrogen-bond donors (Lipinski definition) is 0. The fraction of sp³-hybridized carbons (Fsp3) is 0.143. The summed E-state index contributed by atoms with van der Waals surface area (Å²) in [6.45, 7) is -3.24. The Kier molecular flexibility index (Phi) is 6.93. The van der Waals surface area contributed by atoms with Crippen LogP contribution in [0.25, 0.3) is 0 Å². The Morgan fingerprint density at radius 2 is 1.76 bits per heavy atom. The minimum atomic E-state index is -5.05. The molecule has 0 saturated heterocycles. The van der Waals surface area contributed by atoms with Crippen molar-refractivity contribution in [2.45, 2.75) is 13.5 Å². The molecule has 21 heavy (non-hydrogen) atoms. The molecule has 0 saturated carbocycles. The van der Waals surface area contributed by atoms with E-state index in [9.17, 15) is 17.3 Å². The fourth-order valence-corrected chi connectivity index (χ4v) is 1.76. The number of hydrogen-bond acceptors (Lipinski definition) is 1. The van der Waals surface area contributed by atoms with Crippen LogP contribution in [0.4, 0.5) is 17.3 Å². The Morgan fingerprint density at radius 3 is 2.43 bits per heavy atom. The van der Waals surface area contributed by atoms with Crippen LogP contribution in [0.2, 0.25) is 0 Å². The molecule has 1 nitrogen and oxygen atoms in total. The minimum absolute atomic E-state index is 0. The molecule has 0 N–H and O–H groups in total. The summed E-state index contributed by atoms with van der Waals surface area (Å²) in [5.41, 5.74) is 0.717. The molecular weight excluding hydrogens is 310 g/mol. The molecule has 0 radical (unpaired) electrons. The first kappa shape index (κ1) is 18.7. The van der Waals surface area contributed by atoms with Crippen molar-refractivity contribution in [1.29, 1.82) is 0 Å². The Labute approximate surface area is 163 Å². The van der Waals surface area contributed by atoms with Gasteiger partial charge in [-0.1, -0.05) is 18.2 Å². The topological polar surface area (TPSA) is 9.23 Å². The van der Waals surface area contributed by atoms with Gasteiger partial charge in [0.25, 0.3) is 0 Å². The fourth-order valence-electron chi connectivity index (χ4n) is 1.76. The maximum atomic E-state index is 13.1. The number of ether oxygens (including phenoxy) is 1. The zero-order valence-electron chi connectivity index (χ0n) is 11.7. The smallest absolute Gasteiger partial charge is 0.489 e. The van der Waals surface area contributed by atoms with E-state index in [2.05, 4.69) is 0 Å². The molecule has 0 amide bonds. The maximum absolute atomic E-state index is 13.1. The van der Waals surface area contributed by atoms with Crippen LogP contribution >= 0.6 is 0 Å². The molecule has 0 unspecified atom stereocenters. The largest absolute Gasteiger partial charge is 1.00 e. The number of halogens is 4. The van der Waals surface area contributed by atoms with Crippen molar-refractivity contribution in [2.24, 2.45) is 0 Å². The molecule has 2 aromatic carbocycles. The average Bonchev–Trinajstić information content (AvgIpc) is 2.39. The molecule has 2 aromatic rings. The second-order valence-electron chi connectivity index (χ2n) is 4.51. The van der Waals surface area contributed by atoms with E-state index in [1.165, 1.54) is 24.3 Å². The zero-order valence-corrected chi connectivity index (χ0v) is 14.9.